The van der Waals surface area contributed by atoms with Gasteiger partial charge in [0, 0.05) is 11.8 Å². The fourth-order valence-corrected chi connectivity index (χ4v) is 4.63. The average molecular weight is 417 g/mol. The van der Waals surface area contributed by atoms with E-state index >= 15 is 0 Å². The number of nitrogens with one attached hydrogen (secondary N) is 2. The second-order valence-electron chi connectivity index (χ2n) is 9.58. The van der Waals surface area contributed by atoms with Crippen molar-refractivity contribution < 1.29 is 19.1 Å². The van der Waals surface area contributed by atoms with Gasteiger partial charge in [-0.15, -0.1) is 0 Å². The summed E-state index contributed by atoms with van der Waals surface area (Å²) < 4.78 is 11.8. The van der Waals surface area contributed by atoms with Crippen LogP contribution in [0.2, 0.25) is 0 Å². The molecule has 0 atom stereocenters. The predicted octanol–water partition coefficient (Wildman–Crippen LogP) is 3.56. The van der Waals surface area contributed by atoms with Crippen molar-refractivity contribution in [3.63, 3.8) is 0 Å². The van der Waals surface area contributed by atoms with Crippen LogP contribution < -0.4 is 10.6 Å². The van der Waals surface area contributed by atoms with Crippen molar-refractivity contribution >= 4 is 11.9 Å². The summed E-state index contributed by atoms with van der Waals surface area (Å²) in [6, 6.07) is 6.80. The third-order valence-corrected chi connectivity index (χ3v) is 6.72. The Bertz CT molecular complexity index is 684. The Labute approximate surface area is 180 Å². The molecule has 0 bridgehead atoms. The first kappa shape index (κ1) is 22.8. The smallest absolute Gasteiger partial charge is 0.339 e. The van der Waals surface area contributed by atoms with Gasteiger partial charge >= 0.3 is 11.9 Å². The zero-order valence-electron chi connectivity index (χ0n) is 18.8. The van der Waals surface area contributed by atoms with Crippen molar-refractivity contribution in [2.75, 3.05) is 26.2 Å². The van der Waals surface area contributed by atoms with Gasteiger partial charge in [-0.2, -0.15) is 0 Å². The maximum absolute atomic E-state index is 13.0. The molecule has 0 radical (unpaired) electrons. The van der Waals surface area contributed by atoms with Crippen LogP contribution in [-0.2, 0) is 9.47 Å². The van der Waals surface area contributed by atoms with Crippen molar-refractivity contribution in [2.45, 2.75) is 64.6 Å². The molecule has 0 spiro atoms. The molecule has 2 fully saturated rings. The molecule has 1 aromatic carbocycles. The van der Waals surface area contributed by atoms with Crippen molar-refractivity contribution in [1.29, 1.82) is 0 Å². The minimum Gasteiger partial charge on any atom is -0.456 e. The number of hydrogen-bond acceptors (Lipinski definition) is 6. The van der Waals surface area contributed by atoms with Gasteiger partial charge in [0.2, 0.25) is 0 Å². The Morgan fingerprint density at radius 3 is 1.40 bits per heavy atom. The van der Waals surface area contributed by atoms with Crippen LogP contribution in [-0.4, -0.2) is 49.3 Å². The molecule has 0 unspecified atom stereocenters. The second kappa shape index (κ2) is 9.48. The van der Waals surface area contributed by atoms with Gasteiger partial charge in [-0.05, 0) is 91.7 Å². The van der Waals surface area contributed by atoms with E-state index in [0.29, 0.717) is 11.8 Å². The Morgan fingerprint density at radius 1 is 0.733 bits per heavy atom. The minimum atomic E-state index is -0.593. The molecule has 2 saturated heterocycles. The Morgan fingerprint density at radius 2 is 1.07 bits per heavy atom. The van der Waals surface area contributed by atoms with E-state index < -0.39 is 23.1 Å². The fraction of sp³-hybridized carbons (Fsp3) is 0.667. The lowest BCUT2D eigenvalue weighted by Gasteiger charge is -2.37. The van der Waals surface area contributed by atoms with Gasteiger partial charge < -0.3 is 20.1 Å². The van der Waals surface area contributed by atoms with Gasteiger partial charge in [0.25, 0.3) is 0 Å². The number of esters is 2. The molecule has 2 aliphatic rings. The van der Waals surface area contributed by atoms with Crippen LogP contribution in [0, 0.1) is 11.8 Å². The quantitative estimate of drug-likeness (QED) is 0.691. The molecular formula is C24H36N2O4. The maximum atomic E-state index is 13.0. The first-order valence-electron chi connectivity index (χ1n) is 11.2. The highest BCUT2D eigenvalue weighted by atomic mass is 16.6. The highest BCUT2D eigenvalue weighted by Gasteiger charge is 2.37. The number of carbonyl (C=O) groups is 2. The lowest BCUT2D eigenvalue weighted by Crippen LogP contribution is -2.43. The van der Waals surface area contributed by atoms with E-state index in [1.54, 1.807) is 24.3 Å². The van der Waals surface area contributed by atoms with Crippen molar-refractivity contribution in [1.82, 2.24) is 10.6 Å². The van der Waals surface area contributed by atoms with E-state index in [9.17, 15) is 9.59 Å². The molecule has 2 heterocycles. The first-order chi connectivity index (χ1) is 14.2. The largest absolute Gasteiger partial charge is 0.456 e. The summed E-state index contributed by atoms with van der Waals surface area (Å²) in [5, 5.41) is 6.68. The van der Waals surface area contributed by atoms with Crippen LogP contribution in [0.25, 0.3) is 0 Å². The van der Waals surface area contributed by atoms with Gasteiger partial charge in [0.1, 0.15) is 11.2 Å². The minimum absolute atomic E-state index is 0.269. The molecule has 30 heavy (non-hydrogen) atoms. The van der Waals surface area contributed by atoms with Gasteiger partial charge in [-0.1, -0.05) is 12.1 Å². The maximum Gasteiger partial charge on any atom is 0.339 e. The molecule has 0 aromatic heterocycles. The van der Waals surface area contributed by atoms with Gasteiger partial charge in [0.15, 0.2) is 0 Å². The summed E-state index contributed by atoms with van der Waals surface area (Å²) in [6.45, 7) is 11.6. The van der Waals surface area contributed by atoms with Crippen molar-refractivity contribution in [3.05, 3.63) is 35.4 Å². The zero-order chi connectivity index (χ0) is 21.8. The molecule has 0 aliphatic carbocycles. The van der Waals surface area contributed by atoms with E-state index in [4.69, 9.17) is 9.47 Å². The van der Waals surface area contributed by atoms with Crippen LogP contribution in [0.4, 0.5) is 0 Å². The molecular weight excluding hydrogens is 380 g/mol. The fourth-order valence-electron chi connectivity index (χ4n) is 4.63. The summed E-state index contributed by atoms with van der Waals surface area (Å²) in [4.78, 5) is 26.1. The molecule has 0 saturated carbocycles. The van der Waals surface area contributed by atoms with Crippen LogP contribution in [0.5, 0.6) is 0 Å². The molecule has 3 rings (SSSR count). The number of hydrogen-bond donors (Lipinski definition) is 2. The molecule has 1 aromatic rings. The molecule has 2 N–H and O–H groups in total. The molecule has 2 aliphatic heterocycles. The lowest BCUT2D eigenvalue weighted by atomic mass is 9.83. The van der Waals surface area contributed by atoms with Gasteiger partial charge in [-0.25, -0.2) is 9.59 Å². The van der Waals surface area contributed by atoms with E-state index in [1.807, 2.05) is 27.7 Å². The van der Waals surface area contributed by atoms with E-state index in [0.717, 1.165) is 51.9 Å². The summed E-state index contributed by atoms with van der Waals surface area (Å²) in [7, 11) is 0. The molecule has 6 heteroatoms. The topological polar surface area (TPSA) is 76.7 Å². The number of carbonyl (C=O) groups excluding carboxylic acids is 2. The molecule has 6 nitrogen and oxygen atoms in total. The van der Waals surface area contributed by atoms with Crippen molar-refractivity contribution in [3.8, 4) is 0 Å². The standard InChI is InChI=1S/C24H36N2O4/c1-23(2,17-9-13-25-14-10-17)29-21(27)19-7-5-6-8-20(19)22(28)30-24(3,4)18-11-15-26-16-12-18/h5-8,17-18,25-26H,9-16H2,1-4H3. The van der Waals surface area contributed by atoms with E-state index in [-0.39, 0.29) is 11.1 Å². The number of piperidine rings is 2. The van der Waals surface area contributed by atoms with Gasteiger partial charge in [0.05, 0.1) is 11.1 Å². The predicted molar refractivity (Wildman–Crippen MR) is 117 cm³/mol. The molecule has 166 valence electrons. The first-order valence-corrected chi connectivity index (χ1v) is 11.2. The average Bonchev–Trinajstić information content (AvgIpc) is 2.74. The monoisotopic (exact) mass is 416 g/mol. The molecule has 0 amide bonds. The Balaban J connectivity index is 1.72. The highest BCUT2D eigenvalue weighted by molar-refractivity contribution is 6.03. The van der Waals surface area contributed by atoms with Crippen LogP contribution in [0.1, 0.15) is 74.1 Å². The third-order valence-electron chi connectivity index (χ3n) is 6.72. The van der Waals surface area contributed by atoms with Crippen LogP contribution in [0.15, 0.2) is 24.3 Å². The summed E-state index contributed by atoms with van der Waals surface area (Å²) in [6.07, 6.45) is 3.87. The highest BCUT2D eigenvalue weighted by Crippen LogP contribution is 2.32. The van der Waals surface area contributed by atoms with E-state index in [2.05, 4.69) is 10.6 Å². The van der Waals surface area contributed by atoms with Crippen molar-refractivity contribution in [2.24, 2.45) is 11.8 Å². The van der Waals surface area contributed by atoms with Gasteiger partial charge in [-0.3, -0.25) is 0 Å². The number of rotatable bonds is 6. The second-order valence-corrected chi connectivity index (χ2v) is 9.58. The van der Waals surface area contributed by atoms with E-state index in [1.165, 1.54) is 0 Å². The summed E-state index contributed by atoms with van der Waals surface area (Å²) >= 11 is 0. The normalized spacial score (nSPS) is 19.3. The Hall–Kier alpha value is -1.92. The Kier molecular flexibility index (Phi) is 7.19. The summed E-state index contributed by atoms with van der Waals surface area (Å²) in [5.74, 6) is -0.349. The number of benzene rings is 1. The van der Waals surface area contributed by atoms with Crippen LogP contribution in [0.3, 0.4) is 0 Å². The third kappa shape index (κ3) is 5.41. The SMILES string of the molecule is CC(C)(OC(=O)c1ccccc1C(=O)OC(C)(C)C1CCNCC1)C1CCNCC1. The zero-order valence-corrected chi connectivity index (χ0v) is 18.8. The lowest BCUT2D eigenvalue weighted by molar-refractivity contribution is -0.0406. The number of ether oxygens (including phenoxy) is 2. The summed E-state index contributed by atoms with van der Waals surface area (Å²) in [5.41, 5.74) is -0.647. The van der Waals surface area contributed by atoms with Crippen LogP contribution >= 0.6 is 0 Å².